The van der Waals surface area contributed by atoms with Crippen molar-refractivity contribution in [1.82, 2.24) is 5.32 Å². The molecule has 0 aromatic heterocycles. The maximum Gasteiger partial charge on any atom is 0.332 e. The molecule has 0 amide bonds. The van der Waals surface area contributed by atoms with Gasteiger partial charge in [0.05, 0.1) is 13.7 Å². The molecule has 0 aromatic carbocycles. The molecule has 16 heavy (non-hydrogen) atoms. The summed E-state index contributed by atoms with van der Waals surface area (Å²) in [4.78, 5) is 10.9. The molecule has 0 aromatic rings. The van der Waals surface area contributed by atoms with Crippen LogP contribution in [0.5, 0.6) is 0 Å². The number of esters is 1. The van der Waals surface area contributed by atoms with Gasteiger partial charge in [-0.15, -0.1) is 0 Å². The summed E-state index contributed by atoms with van der Waals surface area (Å²) in [7, 11) is 1.34. The Kier molecular flexibility index (Phi) is 8.56. The minimum Gasteiger partial charge on any atom is -0.466 e. The molecule has 0 atom stereocenters. The largest absolute Gasteiger partial charge is 0.466 e. The highest BCUT2D eigenvalue weighted by molar-refractivity contribution is 5.82. The molecule has 0 bridgehead atoms. The van der Waals surface area contributed by atoms with E-state index in [1.807, 2.05) is 13.8 Å². The topological polar surface area (TPSA) is 56.8 Å². The van der Waals surface area contributed by atoms with E-state index in [0.29, 0.717) is 19.8 Å². The standard InChI is InChI=1S/C11H21NO4/c1-5-15-11(16-6-2)8-12-9(3)7-10(13)14-4/h7,11-12H,5-6,8H2,1-4H3/b9-7+. The van der Waals surface area contributed by atoms with E-state index in [9.17, 15) is 4.79 Å². The molecule has 0 saturated carbocycles. The summed E-state index contributed by atoms with van der Waals surface area (Å²) in [6.45, 7) is 7.28. The quantitative estimate of drug-likeness (QED) is 0.384. The van der Waals surface area contributed by atoms with Gasteiger partial charge in [-0.05, 0) is 20.8 Å². The van der Waals surface area contributed by atoms with Gasteiger partial charge < -0.3 is 19.5 Å². The molecule has 0 aliphatic heterocycles. The number of carbonyl (C=O) groups is 1. The molecular weight excluding hydrogens is 210 g/mol. The second kappa shape index (κ2) is 9.18. The molecule has 0 unspecified atom stereocenters. The van der Waals surface area contributed by atoms with Crippen LogP contribution in [0.15, 0.2) is 11.8 Å². The Hall–Kier alpha value is -1.07. The van der Waals surface area contributed by atoms with Crippen LogP contribution in [0.4, 0.5) is 0 Å². The van der Waals surface area contributed by atoms with Crippen LogP contribution in [0.1, 0.15) is 20.8 Å². The summed E-state index contributed by atoms with van der Waals surface area (Å²) in [6, 6.07) is 0. The van der Waals surface area contributed by atoms with Crippen molar-refractivity contribution in [3.05, 3.63) is 11.8 Å². The van der Waals surface area contributed by atoms with Crippen LogP contribution >= 0.6 is 0 Å². The van der Waals surface area contributed by atoms with E-state index in [1.165, 1.54) is 13.2 Å². The van der Waals surface area contributed by atoms with Crippen molar-refractivity contribution >= 4 is 5.97 Å². The third-order valence-corrected chi connectivity index (χ3v) is 1.79. The number of nitrogens with one attached hydrogen (secondary N) is 1. The van der Waals surface area contributed by atoms with Crippen LogP contribution in [0.3, 0.4) is 0 Å². The normalized spacial score (nSPS) is 11.7. The third kappa shape index (κ3) is 7.25. The van der Waals surface area contributed by atoms with E-state index in [1.54, 1.807) is 6.92 Å². The van der Waals surface area contributed by atoms with Gasteiger partial charge in [0.2, 0.25) is 0 Å². The van der Waals surface area contributed by atoms with Crippen LogP contribution in [-0.2, 0) is 19.0 Å². The SMILES string of the molecule is CCOC(CN/C(C)=C/C(=O)OC)OCC. The van der Waals surface area contributed by atoms with Crippen LogP contribution in [0, 0.1) is 0 Å². The summed E-state index contributed by atoms with van der Waals surface area (Å²) >= 11 is 0. The first-order chi connectivity index (χ1) is 7.63. The molecule has 0 radical (unpaired) electrons. The molecular formula is C11H21NO4. The van der Waals surface area contributed by atoms with Crippen LogP contribution in [-0.4, -0.2) is 39.1 Å². The Morgan fingerprint density at radius 1 is 1.31 bits per heavy atom. The van der Waals surface area contributed by atoms with Gasteiger partial charge in [-0.3, -0.25) is 0 Å². The predicted octanol–water partition coefficient (Wildman–Crippen LogP) is 1.05. The van der Waals surface area contributed by atoms with Gasteiger partial charge in [-0.1, -0.05) is 0 Å². The average Bonchev–Trinajstić information content (AvgIpc) is 2.26. The highest BCUT2D eigenvalue weighted by Crippen LogP contribution is 1.96. The predicted molar refractivity (Wildman–Crippen MR) is 60.8 cm³/mol. The van der Waals surface area contributed by atoms with Crippen molar-refractivity contribution in [3.63, 3.8) is 0 Å². The molecule has 1 N–H and O–H groups in total. The third-order valence-electron chi connectivity index (χ3n) is 1.79. The van der Waals surface area contributed by atoms with Gasteiger partial charge in [0.15, 0.2) is 6.29 Å². The lowest BCUT2D eigenvalue weighted by Gasteiger charge is -2.18. The van der Waals surface area contributed by atoms with Gasteiger partial charge in [-0.2, -0.15) is 0 Å². The number of rotatable bonds is 8. The van der Waals surface area contributed by atoms with E-state index in [2.05, 4.69) is 10.1 Å². The van der Waals surface area contributed by atoms with Crippen molar-refractivity contribution in [2.75, 3.05) is 26.9 Å². The number of ether oxygens (including phenoxy) is 3. The fraction of sp³-hybridized carbons (Fsp3) is 0.727. The average molecular weight is 231 g/mol. The summed E-state index contributed by atoms with van der Waals surface area (Å²) in [5.74, 6) is -0.380. The number of hydrogen-bond acceptors (Lipinski definition) is 5. The molecule has 0 rings (SSSR count). The minimum absolute atomic E-state index is 0.295. The van der Waals surface area contributed by atoms with Gasteiger partial charge in [-0.25, -0.2) is 4.79 Å². The first-order valence-electron chi connectivity index (χ1n) is 5.37. The van der Waals surface area contributed by atoms with Crippen molar-refractivity contribution in [3.8, 4) is 0 Å². The second-order valence-electron chi connectivity index (χ2n) is 3.07. The molecule has 5 nitrogen and oxygen atoms in total. The molecule has 0 heterocycles. The molecule has 94 valence electrons. The number of methoxy groups -OCH3 is 1. The highest BCUT2D eigenvalue weighted by atomic mass is 16.7. The molecule has 0 spiro atoms. The fourth-order valence-electron chi connectivity index (χ4n) is 1.07. The van der Waals surface area contributed by atoms with Crippen molar-refractivity contribution in [1.29, 1.82) is 0 Å². The van der Waals surface area contributed by atoms with E-state index in [4.69, 9.17) is 9.47 Å². The van der Waals surface area contributed by atoms with Gasteiger partial charge in [0, 0.05) is 25.0 Å². The monoisotopic (exact) mass is 231 g/mol. The number of carbonyl (C=O) groups excluding carboxylic acids is 1. The van der Waals surface area contributed by atoms with Crippen LogP contribution in [0.25, 0.3) is 0 Å². The van der Waals surface area contributed by atoms with Crippen LogP contribution < -0.4 is 5.32 Å². The van der Waals surface area contributed by atoms with E-state index >= 15 is 0 Å². The van der Waals surface area contributed by atoms with Crippen LogP contribution in [0.2, 0.25) is 0 Å². The Labute approximate surface area is 96.8 Å². The lowest BCUT2D eigenvalue weighted by atomic mass is 10.4. The van der Waals surface area contributed by atoms with E-state index in [-0.39, 0.29) is 12.3 Å². The van der Waals surface area contributed by atoms with Crippen molar-refractivity contribution < 1.29 is 19.0 Å². The summed E-state index contributed by atoms with van der Waals surface area (Å²) in [5, 5.41) is 3.03. The summed E-state index contributed by atoms with van der Waals surface area (Å²) in [6.07, 6.45) is 1.09. The van der Waals surface area contributed by atoms with Crippen molar-refractivity contribution in [2.24, 2.45) is 0 Å². The molecule has 0 aliphatic carbocycles. The lowest BCUT2D eigenvalue weighted by Crippen LogP contribution is -2.31. The van der Waals surface area contributed by atoms with E-state index in [0.717, 1.165) is 5.70 Å². The lowest BCUT2D eigenvalue weighted by molar-refractivity contribution is -0.135. The zero-order valence-electron chi connectivity index (χ0n) is 10.4. The van der Waals surface area contributed by atoms with Crippen molar-refractivity contribution in [2.45, 2.75) is 27.1 Å². The zero-order chi connectivity index (χ0) is 12.4. The van der Waals surface area contributed by atoms with Gasteiger partial charge in [0.25, 0.3) is 0 Å². The van der Waals surface area contributed by atoms with E-state index < -0.39 is 0 Å². The zero-order valence-corrected chi connectivity index (χ0v) is 10.4. The first-order valence-corrected chi connectivity index (χ1v) is 5.37. The molecule has 0 aliphatic rings. The first kappa shape index (κ1) is 14.9. The smallest absolute Gasteiger partial charge is 0.332 e. The number of hydrogen-bond donors (Lipinski definition) is 1. The second-order valence-corrected chi connectivity index (χ2v) is 3.07. The Morgan fingerprint density at radius 3 is 2.31 bits per heavy atom. The highest BCUT2D eigenvalue weighted by Gasteiger charge is 2.07. The summed E-state index contributed by atoms with van der Waals surface area (Å²) in [5.41, 5.74) is 0.719. The molecule has 0 saturated heterocycles. The fourth-order valence-corrected chi connectivity index (χ4v) is 1.07. The maximum atomic E-state index is 10.9. The molecule has 5 heteroatoms. The summed E-state index contributed by atoms with van der Waals surface area (Å²) < 4.78 is 15.2. The Bertz CT molecular complexity index is 222. The Morgan fingerprint density at radius 2 is 1.88 bits per heavy atom. The number of allylic oxidation sites excluding steroid dienone is 1. The minimum atomic E-state index is -0.380. The van der Waals surface area contributed by atoms with Gasteiger partial charge >= 0.3 is 5.97 Å². The Balaban J connectivity index is 3.98. The van der Waals surface area contributed by atoms with Gasteiger partial charge in [0.1, 0.15) is 0 Å². The maximum absolute atomic E-state index is 10.9. The molecule has 0 fully saturated rings.